The topological polar surface area (TPSA) is 99.6 Å². The van der Waals surface area contributed by atoms with E-state index in [0.717, 1.165) is 36.8 Å². The van der Waals surface area contributed by atoms with Crippen LogP contribution >= 0.6 is 15.9 Å². The molecular formula is C29H27BrN4O4. The Morgan fingerprint density at radius 3 is 2.61 bits per heavy atom. The Hall–Kier alpha value is -3.85. The number of nitro groups is 1. The highest BCUT2D eigenvalue weighted by molar-refractivity contribution is 9.10. The molecule has 5 rings (SSSR count). The lowest BCUT2D eigenvalue weighted by Crippen LogP contribution is -2.25. The molecule has 0 amide bonds. The normalized spacial score (nSPS) is 14.3. The predicted molar refractivity (Wildman–Crippen MR) is 151 cm³/mol. The van der Waals surface area contributed by atoms with Gasteiger partial charge in [-0.1, -0.05) is 77.2 Å². The molecule has 0 bridgehead atoms. The Morgan fingerprint density at radius 2 is 1.87 bits per heavy atom. The minimum Gasteiger partial charge on any atom is -0.481 e. The minimum atomic E-state index is -0.482. The van der Waals surface area contributed by atoms with Gasteiger partial charge in [-0.3, -0.25) is 14.9 Å². The molecule has 1 aliphatic carbocycles. The Morgan fingerprint density at radius 1 is 1.13 bits per heavy atom. The van der Waals surface area contributed by atoms with Crippen molar-refractivity contribution in [3.8, 4) is 5.75 Å². The van der Waals surface area contributed by atoms with Crippen molar-refractivity contribution >= 4 is 38.7 Å². The van der Waals surface area contributed by atoms with Gasteiger partial charge in [0.25, 0.3) is 5.56 Å². The number of rotatable bonds is 7. The maximum Gasteiger partial charge on any atom is 0.312 e. The van der Waals surface area contributed by atoms with Gasteiger partial charge in [0.1, 0.15) is 12.4 Å². The first-order chi connectivity index (χ1) is 18.4. The van der Waals surface area contributed by atoms with E-state index in [1.54, 1.807) is 18.2 Å². The lowest BCUT2D eigenvalue weighted by molar-refractivity contribution is -0.386. The molecule has 3 aromatic carbocycles. The van der Waals surface area contributed by atoms with Gasteiger partial charge in [-0.25, -0.2) is 4.98 Å². The van der Waals surface area contributed by atoms with Crippen molar-refractivity contribution in [1.29, 1.82) is 0 Å². The molecule has 0 radical (unpaired) electrons. The second kappa shape index (κ2) is 11.3. The quantitative estimate of drug-likeness (QED) is 0.136. The van der Waals surface area contributed by atoms with Crippen molar-refractivity contribution < 1.29 is 9.66 Å². The maximum absolute atomic E-state index is 13.5. The van der Waals surface area contributed by atoms with Crippen LogP contribution in [0.15, 0.2) is 75.0 Å². The van der Waals surface area contributed by atoms with Crippen LogP contribution in [-0.2, 0) is 6.61 Å². The first kappa shape index (κ1) is 25.8. The van der Waals surface area contributed by atoms with Crippen molar-refractivity contribution in [3.63, 3.8) is 0 Å². The van der Waals surface area contributed by atoms with Gasteiger partial charge in [-0.2, -0.15) is 9.78 Å². The van der Waals surface area contributed by atoms with Crippen molar-refractivity contribution in [1.82, 2.24) is 9.66 Å². The highest BCUT2D eigenvalue weighted by Gasteiger charge is 2.24. The number of para-hydroxylation sites is 1. The smallest absolute Gasteiger partial charge is 0.312 e. The van der Waals surface area contributed by atoms with E-state index in [4.69, 9.17) is 9.72 Å². The van der Waals surface area contributed by atoms with E-state index >= 15 is 0 Å². The summed E-state index contributed by atoms with van der Waals surface area (Å²) in [5, 5.41) is 16.9. The Balaban J connectivity index is 1.59. The van der Waals surface area contributed by atoms with E-state index in [-0.39, 0.29) is 29.5 Å². The monoisotopic (exact) mass is 574 g/mol. The zero-order valence-corrected chi connectivity index (χ0v) is 22.6. The number of nitrogens with zero attached hydrogens (tertiary/aromatic N) is 4. The summed E-state index contributed by atoms with van der Waals surface area (Å²) < 4.78 is 7.85. The number of nitro benzene ring substituents is 1. The lowest BCUT2D eigenvalue weighted by Gasteiger charge is -2.22. The molecule has 38 heavy (non-hydrogen) atoms. The molecule has 0 saturated heterocycles. The van der Waals surface area contributed by atoms with E-state index in [2.05, 4.69) is 21.0 Å². The number of halogens is 1. The zero-order valence-electron chi connectivity index (χ0n) is 21.0. The van der Waals surface area contributed by atoms with Gasteiger partial charge in [0.2, 0.25) is 5.75 Å². The van der Waals surface area contributed by atoms with E-state index in [1.807, 2.05) is 43.3 Å². The summed E-state index contributed by atoms with van der Waals surface area (Å²) in [4.78, 5) is 29.8. The van der Waals surface area contributed by atoms with Gasteiger partial charge in [0, 0.05) is 22.0 Å². The summed E-state index contributed by atoms with van der Waals surface area (Å²) in [7, 11) is 0. The minimum absolute atomic E-state index is 0.0866. The van der Waals surface area contributed by atoms with E-state index < -0.39 is 4.92 Å². The van der Waals surface area contributed by atoms with Gasteiger partial charge in [0.15, 0.2) is 0 Å². The molecule has 1 heterocycles. The first-order valence-corrected chi connectivity index (χ1v) is 13.4. The maximum atomic E-state index is 13.5. The Labute approximate surface area is 228 Å². The van der Waals surface area contributed by atoms with Crippen LogP contribution in [0.1, 0.15) is 60.5 Å². The second-order valence-corrected chi connectivity index (χ2v) is 10.5. The van der Waals surface area contributed by atoms with Crippen LogP contribution in [0.25, 0.3) is 10.9 Å². The zero-order chi connectivity index (χ0) is 26.6. The summed E-state index contributed by atoms with van der Waals surface area (Å²) in [5.74, 6) is 0.826. The SMILES string of the molecule is Cc1ccc(COc2c(C=Nn3c(C4CCCCC4)nc4ccccc4c3=O)cc(Br)cc2[N+](=O)[O-])cc1. The van der Waals surface area contributed by atoms with Crippen molar-refractivity contribution in [2.24, 2.45) is 5.10 Å². The number of hydrogen-bond donors (Lipinski definition) is 0. The molecule has 4 aromatic rings. The largest absolute Gasteiger partial charge is 0.481 e. The van der Waals surface area contributed by atoms with E-state index in [0.29, 0.717) is 26.8 Å². The molecule has 0 spiro atoms. The molecule has 0 N–H and O–H groups in total. The van der Waals surface area contributed by atoms with Crippen LogP contribution in [0, 0.1) is 17.0 Å². The number of aromatic nitrogens is 2. The van der Waals surface area contributed by atoms with Crippen LogP contribution in [0.4, 0.5) is 5.69 Å². The highest BCUT2D eigenvalue weighted by Crippen LogP contribution is 2.35. The molecule has 1 fully saturated rings. The molecule has 0 unspecified atom stereocenters. The molecule has 0 aliphatic heterocycles. The standard InChI is InChI=1S/C29H27BrN4O4/c1-19-11-13-20(14-12-19)18-38-27-22(15-23(30)16-26(27)34(36)37)17-31-33-28(21-7-3-2-4-8-21)32-25-10-6-5-9-24(25)29(33)35/h5-6,9-17,21H,2-4,7-8,18H2,1H3. The first-order valence-electron chi connectivity index (χ1n) is 12.6. The summed E-state index contributed by atoms with van der Waals surface area (Å²) in [6, 6.07) is 18.1. The lowest BCUT2D eigenvalue weighted by atomic mass is 9.88. The molecule has 1 aliphatic rings. The number of benzene rings is 3. The summed E-state index contributed by atoms with van der Waals surface area (Å²) in [6.45, 7) is 2.14. The van der Waals surface area contributed by atoms with Crippen molar-refractivity contribution in [3.05, 3.63) is 108 Å². The molecular weight excluding hydrogens is 548 g/mol. The van der Waals surface area contributed by atoms with Crippen molar-refractivity contribution in [2.75, 3.05) is 0 Å². The highest BCUT2D eigenvalue weighted by atomic mass is 79.9. The predicted octanol–water partition coefficient (Wildman–Crippen LogP) is 6.88. The molecule has 8 nitrogen and oxygen atoms in total. The van der Waals surface area contributed by atoms with E-state index in [9.17, 15) is 14.9 Å². The number of ether oxygens (including phenoxy) is 1. The second-order valence-electron chi connectivity index (χ2n) is 9.56. The van der Waals surface area contributed by atoms with Crippen LogP contribution in [0.3, 0.4) is 0 Å². The molecule has 1 saturated carbocycles. The third-order valence-electron chi connectivity index (χ3n) is 6.82. The summed E-state index contributed by atoms with van der Waals surface area (Å²) in [5.41, 5.74) is 2.56. The fourth-order valence-electron chi connectivity index (χ4n) is 4.83. The molecule has 9 heteroatoms. The third kappa shape index (κ3) is 5.52. The van der Waals surface area contributed by atoms with Crippen LogP contribution in [0.2, 0.25) is 0 Å². The van der Waals surface area contributed by atoms with E-state index in [1.165, 1.54) is 23.4 Å². The number of aryl methyl sites for hydroxylation is 1. The average molecular weight is 575 g/mol. The van der Waals surface area contributed by atoms with Crippen LogP contribution < -0.4 is 10.3 Å². The fraction of sp³-hybridized carbons (Fsp3) is 0.276. The van der Waals surface area contributed by atoms with Gasteiger partial charge in [-0.05, 0) is 43.5 Å². The van der Waals surface area contributed by atoms with Crippen LogP contribution in [-0.4, -0.2) is 20.8 Å². The number of fused-ring (bicyclic) bond motifs is 1. The summed E-state index contributed by atoms with van der Waals surface area (Å²) >= 11 is 3.37. The Bertz CT molecular complexity index is 1570. The van der Waals surface area contributed by atoms with Gasteiger partial charge < -0.3 is 4.74 Å². The fourth-order valence-corrected chi connectivity index (χ4v) is 5.29. The van der Waals surface area contributed by atoms with Crippen molar-refractivity contribution in [2.45, 2.75) is 51.6 Å². The number of hydrogen-bond acceptors (Lipinski definition) is 6. The third-order valence-corrected chi connectivity index (χ3v) is 7.28. The average Bonchev–Trinajstić information content (AvgIpc) is 2.93. The molecule has 0 atom stereocenters. The molecule has 194 valence electrons. The van der Waals surface area contributed by atoms with Crippen LogP contribution in [0.5, 0.6) is 5.75 Å². The summed E-state index contributed by atoms with van der Waals surface area (Å²) in [6.07, 6.45) is 6.65. The Kier molecular flexibility index (Phi) is 7.64. The molecule has 1 aromatic heterocycles. The van der Waals surface area contributed by atoms with Gasteiger partial charge >= 0.3 is 5.69 Å². The van der Waals surface area contributed by atoms with Gasteiger partial charge in [-0.15, -0.1) is 0 Å². The van der Waals surface area contributed by atoms with Gasteiger partial charge in [0.05, 0.1) is 22.0 Å².